The molecule has 2 aliphatic heterocycles. The maximum Gasteiger partial charge on any atom is 0.336 e. The second-order valence-corrected chi connectivity index (χ2v) is 20.7. The topological polar surface area (TPSA) is 360 Å². The summed E-state index contributed by atoms with van der Waals surface area (Å²) in [7, 11) is 0. The highest BCUT2D eigenvalue weighted by molar-refractivity contribution is 6.11. The number of aromatic nitrogens is 4. The van der Waals surface area contributed by atoms with Gasteiger partial charge in [-0.25, -0.2) is 19.6 Å². The van der Waals surface area contributed by atoms with Gasteiger partial charge in [0.2, 0.25) is 0 Å². The van der Waals surface area contributed by atoms with Crippen LogP contribution in [0.4, 0.5) is 23.0 Å². The Labute approximate surface area is 525 Å². The predicted octanol–water partition coefficient (Wildman–Crippen LogP) is 1.83. The van der Waals surface area contributed by atoms with E-state index in [1.54, 1.807) is 109 Å². The van der Waals surface area contributed by atoms with Crippen molar-refractivity contribution in [2.24, 2.45) is 0 Å². The van der Waals surface area contributed by atoms with Crippen LogP contribution in [-0.2, 0) is 26.1 Å². The molecule has 14 N–H and O–H groups in total. The maximum atomic E-state index is 13.4. The van der Waals surface area contributed by atoms with E-state index in [2.05, 4.69) is 19.9 Å². The number of rotatable bonds is 18. The van der Waals surface area contributed by atoms with Gasteiger partial charge < -0.3 is 76.3 Å². The van der Waals surface area contributed by atoms with Crippen molar-refractivity contribution in [3.63, 3.8) is 0 Å². The van der Waals surface area contributed by atoms with Crippen molar-refractivity contribution in [3.8, 4) is 56.9 Å². The lowest BCUT2D eigenvalue weighted by Crippen LogP contribution is -3.00. The standard InChI is InChI=1S/2C34H27N5O5.2ClH/c35-22-7-10-25-29(16-22)44-30-17-23(36)8-11-26(30)32(25)27-15-21(6-9-24(27)33(41)42)28(40)12-5-19-1-3-20(4-2-19)18-43-34-38-14-13-31(37)39-34;35-22-7-10-25-29(16-22)44-30-17-23(36)8-11-26(30)32(25)24-9-6-21(15-27(24)33(41)42)28(40)12-5-19-1-3-20(4-2-19)18-43-34-38-14-13-31(37)39-34;;/h2*1-4,6-11,13-17,35H,5,12,18,36H2,(H,41,42)(H2,37,38,39);2*1H. The molecule has 0 radical (unpaired) electrons. The van der Waals surface area contributed by atoms with Crippen molar-refractivity contribution in [1.29, 1.82) is 0 Å². The molecule has 0 saturated heterocycles. The zero-order valence-electron chi connectivity index (χ0n) is 47.7. The highest BCUT2D eigenvalue weighted by Crippen LogP contribution is 2.44. The second-order valence-electron chi connectivity index (χ2n) is 20.7. The van der Waals surface area contributed by atoms with Crippen LogP contribution in [0.15, 0.2) is 191 Å². The van der Waals surface area contributed by atoms with Crippen LogP contribution in [0.2, 0.25) is 0 Å². The van der Waals surface area contributed by atoms with Crippen LogP contribution in [0.5, 0.6) is 12.0 Å². The monoisotopic (exact) mass is 1240 g/mol. The summed E-state index contributed by atoms with van der Waals surface area (Å²) in [5.74, 6) is -0.917. The molecule has 0 bridgehead atoms. The number of hydrogen-bond donors (Lipinski definition) is 8. The number of carboxylic acid groups (broad SMARTS) is 2. The van der Waals surface area contributed by atoms with Crippen molar-refractivity contribution >= 4 is 68.5 Å². The maximum absolute atomic E-state index is 13.4. The first kappa shape index (κ1) is 63.0. The van der Waals surface area contributed by atoms with E-state index >= 15 is 0 Å². The normalized spacial score (nSPS) is 10.8. The van der Waals surface area contributed by atoms with E-state index in [1.807, 2.05) is 48.5 Å². The van der Waals surface area contributed by atoms with Crippen molar-refractivity contribution in [1.82, 2.24) is 19.9 Å². The number of halogens is 2. The summed E-state index contributed by atoms with van der Waals surface area (Å²) in [6, 6.07) is 49.2. The summed E-state index contributed by atoms with van der Waals surface area (Å²) in [6.07, 6.45) is 4.49. The lowest BCUT2D eigenvalue weighted by molar-refractivity contribution is -0.173. The predicted molar refractivity (Wildman–Crippen MR) is 329 cm³/mol. The highest BCUT2D eigenvalue weighted by Gasteiger charge is 2.26. The Kier molecular flexibility index (Phi) is 19.2. The van der Waals surface area contributed by atoms with Gasteiger partial charge in [-0.15, -0.1) is 0 Å². The summed E-state index contributed by atoms with van der Waals surface area (Å²) >= 11 is 0. The van der Waals surface area contributed by atoms with Crippen LogP contribution in [0.25, 0.3) is 66.8 Å². The first-order valence-electron chi connectivity index (χ1n) is 27.6. The summed E-state index contributed by atoms with van der Waals surface area (Å²) < 4.78 is 23.3. The van der Waals surface area contributed by atoms with E-state index < -0.39 is 11.9 Å². The molecule has 6 aromatic carbocycles. The van der Waals surface area contributed by atoms with Crippen LogP contribution in [-0.4, -0.2) is 53.7 Å². The van der Waals surface area contributed by atoms with E-state index in [1.165, 1.54) is 24.5 Å². The largest absolute Gasteiger partial charge is 1.00 e. The van der Waals surface area contributed by atoms with E-state index in [9.17, 15) is 29.4 Å². The quantitative estimate of drug-likeness (QED) is 0.0345. The first-order chi connectivity index (χ1) is 42.5. The molecule has 8 aromatic rings. The Bertz CT molecular complexity index is 4750. The van der Waals surface area contributed by atoms with Crippen molar-refractivity contribution in [2.75, 3.05) is 22.9 Å². The fourth-order valence-electron chi connectivity index (χ4n) is 10.2. The number of anilines is 4. The van der Waals surface area contributed by atoms with E-state index in [4.69, 9.17) is 52.1 Å². The number of Topliss-reactive ketones (excluding diaryl/α,β-unsaturated/α-hetero) is 2. The summed E-state index contributed by atoms with van der Waals surface area (Å²) in [6.45, 7) is 0.546. The van der Waals surface area contributed by atoms with Crippen LogP contribution >= 0.6 is 0 Å². The Morgan fingerprint density at radius 2 is 0.867 bits per heavy atom. The molecule has 0 amide bonds. The van der Waals surface area contributed by atoms with Gasteiger partial charge in [0.1, 0.15) is 47.5 Å². The molecule has 452 valence electrons. The highest BCUT2D eigenvalue weighted by atomic mass is 35.5. The zero-order valence-corrected chi connectivity index (χ0v) is 49.2. The SMILES string of the molecule is Nc1ccc2c(-c3cc(C(=O)CCc4ccc(COc5nccc(N)n5)cc4)ccc3C(=O)O)c3ccc(=[NH2+])cc-3oc2c1.Nc1ccc2c(-c3ccc(C(=O)CCc4ccc(COc5nccc(N)n5)cc4)cc3C(=O)O)c3ccc(=[NH2+])cc-3oc2c1.[Cl-].[Cl-]. The molecule has 0 spiro atoms. The number of hydrogen-bond acceptors (Lipinski definition) is 16. The van der Waals surface area contributed by atoms with Gasteiger partial charge in [-0.3, -0.25) is 20.4 Å². The molecule has 2 aromatic heterocycles. The van der Waals surface area contributed by atoms with Gasteiger partial charge in [-0.05, 0) is 113 Å². The first-order valence-corrected chi connectivity index (χ1v) is 27.6. The molecule has 0 atom stereocenters. The molecule has 4 aliphatic rings. The third kappa shape index (κ3) is 14.3. The summed E-state index contributed by atoms with van der Waals surface area (Å²) in [5, 5.41) is 34.7. The lowest BCUT2D eigenvalue weighted by atomic mass is 9.88. The number of carbonyl (C=O) groups is 4. The van der Waals surface area contributed by atoms with Crippen LogP contribution in [0.3, 0.4) is 0 Å². The van der Waals surface area contributed by atoms with Gasteiger partial charge in [-0.2, -0.15) is 9.97 Å². The molecule has 0 saturated carbocycles. The minimum atomic E-state index is -1.15. The molecule has 0 fully saturated rings. The molecule has 20 nitrogen and oxygen atoms in total. The van der Waals surface area contributed by atoms with Gasteiger partial charge in [0.05, 0.1) is 23.3 Å². The van der Waals surface area contributed by atoms with E-state index in [-0.39, 0.29) is 85.6 Å². The Morgan fingerprint density at radius 1 is 0.444 bits per heavy atom. The fraction of sp³-hybridized carbons (Fsp3) is 0.0882. The molecular formula is C68H56Cl2N10O10. The summed E-state index contributed by atoms with van der Waals surface area (Å²) in [5.41, 5.74) is 33.3. The molecule has 4 heterocycles. The molecule has 0 unspecified atom stereocenters. The van der Waals surface area contributed by atoms with Gasteiger partial charge >= 0.3 is 24.0 Å². The number of aromatic carboxylic acids is 2. The lowest BCUT2D eigenvalue weighted by Gasteiger charge is -2.17. The van der Waals surface area contributed by atoms with Gasteiger partial charge in [0.15, 0.2) is 22.3 Å². The molecule has 12 rings (SSSR count). The third-order valence-corrected chi connectivity index (χ3v) is 14.6. The minimum absolute atomic E-state index is 0. The Hall–Kier alpha value is -11.5. The number of ketones is 2. The number of nitrogens with zero attached hydrogens (tertiary/aromatic N) is 4. The second kappa shape index (κ2) is 27.5. The molecular weight excluding hydrogens is 1190 g/mol. The number of benzene rings is 8. The van der Waals surface area contributed by atoms with Gasteiger partial charge in [0.25, 0.3) is 0 Å². The average molecular weight is 1240 g/mol. The average Bonchev–Trinajstić information content (AvgIpc) is 0.765. The summed E-state index contributed by atoms with van der Waals surface area (Å²) in [4.78, 5) is 67.6. The Balaban J connectivity index is 0.000000209. The number of fused-ring (bicyclic) bond motifs is 4. The smallest absolute Gasteiger partial charge is 0.336 e. The van der Waals surface area contributed by atoms with Crippen LogP contribution in [0.1, 0.15) is 76.5 Å². The molecule has 22 heteroatoms. The number of nitrogen functional groups attached to an aromatic ring is 4. The van der Waals surface area contributed by atoms with Crippen molar-refractivity contribution < 1.29 is 83.3 Å². The van der Waals surface area contributed by atoms with Gasteiger partial charge in [-0.1, -0.05) is 66.7 Å². The van der Waals surface area contributed by atoms with Crippen molar-refractivity contribution in [3.05, 3.63) is 237 Å². The van der Waals surface area contributed by atoms with Crippen LogP contribution in [0, 0.1) is 0 Å². The minimum Gasteiger partial charge on any atom is -1.00 e. The zero-order chi connectivity index (χ0) is 61.6. The molecule has 90 heavy (non-hydrogen) atoms. The third-order valence-electron chi connectivity index (χ3n) is 14.6. The molecule has 2 aliphatic carbocycles. The fourth-order valence-corrected chi connectivity index (χ4v) is 10.2. The van der Waals surface area contributed by atoms with Crippen molar-refractivity contribution in [2.45, 2.75) is 38.9 Å². The number of aryl methyl sites for hydroxylation is 2. The van der Waals surface area contributed by atoms with E-state index in [0.717, 1.165) is 22.3 Å². The van der Waals surface area contributed by atoms with Gasteiger partial charge in [0, 0.05) is 105 Å². The van der Waals surface area contributed by atoms with Crippen LogP contribution < -0.4 is 78.8 Å². The number of carboxylic acids is 2. The number of nitrogens with two attached hydrogens (primary N) is 6. The number of ether oxygens (including phenoxy) is 2. The van der Waals surface area contributed by atoms with E-state index in [0.29, 0.717) is 125 Å². The number of carbonyl (C=O) groups excluding carboxylic acids is 2. The Morgan fingerprint density at radius 3 is 1.32 bits per heavy atom.